The molecule has 1 aliphatic heterocycles. The van der Waals surface area contributed by atoms with Gasteiger partial charge >= 0.3 is 0 Å². The summed E-state index contributed by atoms with van der Waals surface area (Å²) < 4.78 is 5.91. The van der Waals surface area contributed by atoms with Crippen LogP contribution in [0.4, 0.5) is 11.4 Å². The van der Waals surface area contributed by atoms with Crippen LogP contribution in [0.2, 0.25) is 0 Å². The molecule has 3 aromatic rings. The molecule has 7 heteroatoms. The fourth-order valence-electron chi connectivity index (χ4n) is 3.37. The van der Waals surface area contributed by atoms with Crippen molar-refractivity contribution in [2.45, 2.75) is 12.5 Å². The standard InChI is InChI=1S/C23H22N4O3/c24-20-3-1-2-4-21(20)26-22(28)16-5-7-17(8-6-16)23(29)27-14-11-19(15-27)30-18-9-12-25-13-10-18/h1-10,12-13,19H,11,14-15,24H2,(H,26,28). The number of carbonyl (C=O) groups excluding carboxylic acids is 2. The van der Waals surface area contributed by atoms with E-state index < -0.39 is 0 Å². The molecule has 0 saturated carbocycles. The summed E-state index contributed by atoms with van der Waals surface area (Å²) in [6, 6.07) is 17.3. The van der Waals surface area contributed by atoms with Gasteiger partial charge in [-0.15, -0.1) is 0 Å². The summed E-state index contributed by atoms with van der Waals surface area (Å²) in [4.78, 5) is 31.0. The van der Waals surface area contributed by atoms with Crippen LogP contribution in [0.3, 0.4) is 0 Å². The zero-order chi connectivity index (χ0) is 20.9. The maximum atomic E-state index is 12.8. The van der Waals surface area contributed by atoms with Crippen molar-refractivity contribution in [2.24, 2.45) is 0 Å². The number of nitrogen functional groups attached to an aromatic ring is 1. The van der Waals surface area contributed by atoms with Gasteiger partial charge in [0.1, 0.15) is 11.9 Å². The zero-order valence-corrected chi connectivity index (χ0v) is 16.3. The highest BCUT2D eigenvalue weighted by Gasteiger charge is 2.28. The summed E-state index contributed by atoms with van der Waals surface area (Å²) in [5.41, 5.74) is 7.90. The average molecular weight is 402 g/mol. The van der Waals surface area contributed by atoms with Crippen LogP contribution in [0.1, 0.15) is 27.1 Å². The fraction of sp³-hybridized carbons (Fsp3) is 0.174. The molecule has 152 valence electrons. The maximum absolute atomic E-state index is 12.8. The normalized spacial score (nSPS) is 15.6. The van der Waals surface area contributed by atoms with E-state index in [-0.39, 0.29) is 17.9 Å². The molecule has 30 heavy (non-hydrogen) atoms. The second-order valence-corrected chi connectivity index (χ2v) is 7.08. The third-order valence-corrected chi connectivity index (χ3v) is 4.99. The minimum Gasteiger partial charge on any atom is -0.488 e. The third kappa shape index (κ3) is 4.41. The number of nitrogens with zero attached hydrogens (tertiary/aromatic N) is 2. The van der Waals surface area contributed by atoms with Crippen LogP contribution in [0.5, 0.6) is 5.75 Å². The number of nitrogens with two attached hydrogens (primary N) is 1. The SMILES string of the molecule is Nc1ccccc1NC(=O)c1ccc(C(=O)N2CCC(Oc3ccncc3)C2)cc1. The van der Waals surface area contributed by atoms with Crippen LogP contribution in [0, 0.1) is 0 Å². The molecule has 1 aliphatic rings. The molecule has 0 aliphatic carbocycles. The van der Waals surface area contributed by atoms with Gasteiger partial charge in [-0.25, -0.2) is 0 Å². The van der Waals surface area contributed by atoms with Gasteiger partial charge in [0.25, 0.3) is 11.8 Å². The number of anilines is 2. The zero-order valence-electron chi connectivity index (χ0n) is 16.3. The number of hydrogen-bond donors (Lipinski definition) is 2. The van der Waals surface area contributed by atoms with Crippen LogP contribution in [-0.2, 0) is 0 Å². The van der Waals surface area contributed by atoms with Crippen molar-refractivity contribution in [1.82, 2.24) is 9.88 Å². The summed E-state index contributed by atoms with van der Waals surface area (Å²) in [5, 5.41) is 2.78. The average Bonchev–Trinajstić information content (AvgIpc) is 3.24. The number of aromatic nitrogens is 1. The molecule has 1 atom stereocenters. The highest BCUT2D eigenvalue weighted by atomic mass is 16.5. The summed E-state index contributed by atoms with van der Waals surface area (Å²) in [6.07, 6.45) is 4.08. The Kier molecular flexibility index (Phi) is 5.61. The second kappa shape index (κ2) is 8.65. The Balaban J connectivity index is 1.36. The molecule has 1 saturated heterocycles. The number of nitrogens with one attached hydrogen (secondary N) is 1. The predicted molar refractivity (Wildman–Crippen MR) is 114 cm³/mol. The van der Waals surface area contributed by atoms with E-state index in [4.69, 9.17) is 10.5 Å². The van der Waals surface area contributed by atoms with Gasteiger partial charge in [-0.05, 0) is 48.5 Å². The molecule has 7 nitrogen and oxygen atoms in total. The van der Waals surface area contributed by atoms with E-state index in [0.29, 0.717) is 35.6 Å². The quantitative estimate of drug-likeness (QED) is 0.639. The molecule has 0 spiro atoms. The number of para-hydroxylation sites is 2. The molecule has 2 amide bonds. The number of likely N-dealkylation sites (tertiary alicyclic amines) is 1. The first-order valence-electron chi connectivity index (χ1n) is 9.72. The minimum atomic E-state index is -0.279. The molecule has 1 unspecified atom stereocenters. The predicted octanol–water partition coefficient (Wildman–Crippen LogP) is 3.21. The Morgan fingerprint density at radius 2 is 1.70 bits per heavy atom. The van der Waals surface area contributed by atoms with Gasteiger partial charge in [0.15, 0.2) is 0 Å². The van der Waals surface area contributed by atoms with E-state index in [1.165, 1.54) is 0 Å². The van der Waals surface area contributed by atoms with Crippen LogP contribution in [0.25, 0.3) is 0 Å². The number of benzene rings is 2. The number of hydrogen-bond acceptors (Lipinski definition) is 5. The fourth-order valence-corrected chi connectivity index (χ4v) is 3.37. The lowest BCUT2D eigenvalue weighted by atomic mass is 10.1. The third-order valence-electron chi connectivity index (χ3n) is 4.99. The first-order valence-corrected chi connectivity index (χ1v) is 9.72. The molecular weight excluding hydrogens is 380 g/mol. The van der Waals surface area contributed by atoms with Gasteiger partial charge in [-0.1, -0.05) is 12.1 Å². The number of rotatable bonds is 5. The van der Waals surface area contributed by atoms with Crippen molar-refractivity contribution in [3.05, 3.63) is 84.2 Å². The Morgan fingerprint density at radius 3 is 2.43 bits per heavy atom. The van der Waals surface area contributed by atoms with Crippen LogP contribution < -0.4 is 15.8 Å². The summed E-state index contributed by atoms with van der Waals surface area (Å²) >= 11 is 0. The van der Waals surface area contributed by atoms with Crippen molar-refractivity contribution in [2.75, 3.05) is 24.1 Å². The summed E-state index contributed by atoms with van der Waals surface area (Å²) in [7, 11) is 0. The van der Waals surface area contributed by atoms with Gasteiger partial charge in [0.2, 0.25) is 0 Å². The highest BCUT2D eigenvalue weighted by molar-refractivity contribution is 6.06. The Hall–Kier alpha value is -3.87. The van der Waals surface area contributed by atoms with E-state index >= 15 is 0 Å². The molecule has 0 bridgehead atoms. The lowest BCUT2D eigenvalue weighted by Gasteiger charge is -2.17. The number of amides is 2. The highest BCUT2D eigenvalue weighted by Crippen LogP contribution is 2.21. The maximum Gasteiger partial charge on any atom is 0.255 e. The van der Waals surface area contributed by atoms with Crippen molar-refractivity contribution < 1.29 is 14.3 Å². The first kappa shape index (κ1) is 19.4. The number of carbonyl (C=O) groups is 2. The Bertz CT molecular complexity index is 1040. The van der Waals surface area contributed by atoms with E-state index in [9.17, 15) is 9.59 Å². The molecule has 1 aromatic heterocycles. The van der Waals surface area contributed by atoms with Crippen molar-refractivity contribution in [3.63, 3.8) is 0 Å². The molecule has 4 rings (SSSR count). The largest absolute Gasteiger partial charge is 0.488 e. The molecule has 2 heterocycles. The van der Waals surface area contributed by atoms with Gasteiger partial charge in [-0.2, -0.15) is 0 Å². The number of pyridine rings is 1. The van der Waals surface area contributed by atoms with Crippen molar-refractivity contribution in [3.8, 4) is 5.75 Å². The van der Waals surface area contributed by atoms with Gasteiger partial charge in [0, 0.05) is 36.5 Å². The molecule has 2 aromatic carbocycles. The van der Waals surface area contributed by atoms with Crippen molar-refractivity contribution in [1.29, 1.82) is 0 Å². The number of ether oxygens (including phenoxy) is 1. The van der Waals surface area contributed by atoms with Gasteiger partial charge in [0.05, 0.1) is 17.9 Å². The smallest absolute Gasteiger partial charge is 0.255 e. The first-order chi connectivity index (χ1) is 14.6. The monoisotopic (exact) mass is 402 g/mol. The van der Waals surface area contributed by atoms with Crippen LogP contribution >= 0.6 is 0 Å². The molecule has 0 radical (unpaired) electrons. The van der Waals surface area contributed by atoms with E-state index in [0.717, 1.165) is 12.2 Å². The summed E-state index contributed by atoms with van der Waals surface area (Å²) in [6.45, 7) is 1.15. The van der Waals surface area contributed by atoms with Crippen molar-refractivity contribution >= 4 is 23.2 Å². The van der Waals surface area contributed by atoms with E-state index in [1.807, 2.05) is 0 Å². The van der Waals surface area contributed by atoms with Crippen LogP contribution in [0.15, 0.2) is 73.1 Å². The van der Waals surface area contributed by atoms with E-state index in [1.54, 1.807) is 78.0 Å². The minimum absolute atomic E-state index is 0.0438. The van der Waals surface area contributed by atoms with Gasteiger partial charge in [-0.3, -0.25) is 14.6 Å². The van der Waals surface area contributed by atoms with Gasteiger partial charge < -0.3 is 20.7 Å². The Labute approximate surface area is 174 Å². The van der Waals surface area contributed by atoms with E-state index in [2.05, 4.69) is 10.3 Å². The molecule has 3 N–H and O–H groups in total. The lowest BCUT2D eigenvalue weighted by Crippen LogP contribution is -2.31. The molecular formula is C23H22N4O3. The second-order valence-electron chi connectivity index (χ2n) is 7.08. The molecule has 1 fully saturated rings. The lowest BCUT2D eigenvalue weighted by molar-refractivity contribution is 0.0772. The summed E-state index contributed by atoms with van der Waals surface area (Å²) in [5.74, 6) is 0.396. The topological polar surface area (TPSA) is 97.5 Å². The Morgan fingerprint density at radius 1 is 1.00 bits per heavy atom. The van der Waals surface area contributed by atoms with Crippen LogP contribution in [-0.4, -0.2) is 40.9 Å².